The van der Waals surface area contributed by atoms with Gasteiger partial charge in [0, 0.05) is 95.7 Å². The Hall–Kier alpha value is -10.3. The molecule has 9 heterocycles. The zero-order valence-electron chi connectivity index (χ0n) is 47.4. The van der Waals surface area contributed by atoms with E-state index >= 15 is 0 Å². The third-order valence-electron chi connectivity index (χ3n) is 14.7. The molecule has 0 fully saturated rings. The van der Waals surface area contributed by atoms with Crippen molar-refractivity contribution in [3.8, 4) is 0 Å². The summed E-state index contributed by atoms with van der Waals surface area (Å²) >= 11 is 0. The molecule has 19 heteroatoms. The highest BCUT2D eigenvalue weighted by Gasteiger charge is 2.15. The number of hydrogen-bond acceptors (Lipinski definition) is 9. The summed E-state index contributed by atoms with van der Waals surface area (Å²) in [5.74, 6) is -0.429. The van der Waals surface area contributed by atoms with Gasteiger partial charge in [-0.25, -0.2) is 19.3 Å². The maximum Gasteiger partial charge on any atom is 0.276 e. The first-order valence-corrected chi connectivity index (χ1v) is 28.4. The number of aromatic nitrogens is 9. The molecule has 3 N–H and O–H groups in total. The van der Waals surface area contributed by atoms with Gasteiger partial charge in [-0.3, -0.25) is 42.5 Å². The second kappa shape index (κ2) is 28.3. The number of rotatable bonds is 19. The lowest BCUT2D eigenvalue weighted by Gasteiger charge is -2.11. The molecule has 440 valence electrons. The van der Waals surface area contributed by atoms with Gasteiger partial charge in [-0.2, -0.15) is 0 Å². The maximum absolute atomic E-state index is 12.9. The number of aryl methyl sites for hydroxylation is 5. The SMILES string of the molecule is C.Cc1ccc(CCNC(=O)CCCn2c(=O)c3cccn3c3cccnc32)cc1.Cc1cccc(CNC(=O)CCCn2c(=O)c3cccn3c3cccnc32)c1.O=C(CCCn1c(=O)c2cccn2c2cccnc21)NCc1ccc(F)cc1. The van der Waals surface area contributed by atoms with E-state index in [1.807, 2.05) is 118 Å². The second-order valence-corrected chi connectivity index (χ2v) is 20.8. The molecule has 0 spiro atoms. The number of amides is 3. The number of pyridine rings is 3. The standard InChI is InChI=1S/C23H24N4O2.C22H22N4O2.C21H19FN4O2.CH4/c1-17-8-10-18(11-9-17)12-14-24-21(28)7-4-16-27-22-19(5-2-13-25-22)26-15-3-6-20(26)23(27)29;1-16-6-2-7-17(14-16)15-24-20(27)10-5-13-26-21-18(8-3-11-23-21)25-12-4-9-19(25)22(26)28;22-16-9-7-15(8-10-16)14-24-19(27)6-3-13-26-20-17(4-1-11-23-20)25-12-2-5-18(25)21(26)28;/h2-3,5-6,8-11,13,15H,4,7,12,14,16H2,1H3,(H,24,28);2-4,6-9,11-12,14H,5,10,13,15H2,1H3,(H,24,27);1-2,4-5,7-12H,3,6,13-14H2,(H,24,27);1H4. The van der Waals surface area contributed by atoms with E-state index in [0.717, 1.165) is 34.1 Å². The predicted octanol–water partition coefficient (Wildman–Crippen LogP) is 9.67. The Balaban J connectivity index is 0.000000153. The number of carbonyl (C=O) groups is 3. The number of fused-ring (bicyclic) bond motifs is 9. The Labute approximate surface area is 495 Å². The van der Waals surface area contributed by atoms with Crippen LogP contribution < -0.4 is 32.6 Å². The van der Waals surface area contributed by atoms with Crippen LogP contribution in [0.4, 0.5) is 4.39 Å². The van der Waals surface area contributed by atoms with Crippen molar-refractivity contribution >= 4 is 67.8 Å². The summed E-state index contributed by atoms with van der Waals surface area (Å²) in [4.78, 5) is 88.1. The highest BCUT2D eigenvalue weighted by molar-refractivity contribution is 5.79. The monoisotopic (exact) mass is 1160 g/mol. The average molecular weight is 1160 g/mol. The number of halogens is 1. The fourth-order valence-corrected chi connectivity index (χ4v) is 10.4. The van der Waals surface area contributed by atoms with Crippen molar-refractivity contribution in [3.05, 3.63) is 247 Å². The van der Waals surface area contributed by atoms with Crippen molar-refractivity contribution in [3.63, 3.8) is 0 Å². The molecule has 0 bridgehead atoms. The fourth-order valence-electron chi connectivity index (χ4n) is 10.4. The summed E-state index contributed by atoms with van der Waals surface area (Å²) in [6, 6.07) is 44.7. The van der Waals surface area contributed by atoms with Gasteiger partial charge in [-0.05, 0) is 141 Å². The van der Waals surface area contributed by atoms with E-state index in [1.54, 1.807) is 56.6 Å². The van der Waals surface area contributed by atoms with E-state index in [0.29, 0.717) is 105 Å². The summed E-state index contributed by atoms with van der Waals surface area (Å²) in [6.07, 6.45) is 14.1. The van der Waals surface area contributed by atoms with E-state index in [2.05, 4.69) is 68.2 Å². The molecule has 86 heavy (non-hydrogen) atoms. The first kappa shape index (κ1) is 60.3. The Kier molecular flexibility index (Phi) is 19.9. The van der Waals surface area contributed by atoms with Crippen molar-refractivity contribution in [2.75, 3.05) is 6.54 Å². The molecule has 12 aromatic rings. The number of nitrogens with one attached hydrogen (secondary N) is 3. The van der Waals surface area contributed by atoms with Crippen molar-refractivity contribution in [1.82, 2.24) is 57.8 Å². The molecule has 18 nitrogen and oxygen atoms in total. The van der Waals surface area contributed by atoms with Crippen LogP contribution in [0.2, 0.25) is 0 Å². The summed E-state index contributed by atoms with van der Waals surface area (Å²) in [6.45, 7) is 6.87. The third-order valence-corrected chi connectivity index (χ3v) is 14.7. The molecule has 0 radical (unpaired) electrons. The van der Waals surface area contributed by atoms with Crippen LogP contribution in [0.15, 0.2) is 197 Å². The predicted molar refractivity (Wildman–Crippen MR) is 334 cm³/mol. The lowest BCUT2D eigenvalue weighted by molar-refractivity contribution is -0.122. The molecule has 0 unspecified atom stereocenters. The Morgan fingerprint density at radius 3 is 1.26 bits per heavy atom. The highest BCUT2D eigenvalue weighted by atomic mass is 19.1. The number of benzene rings is 3. The van der Waals surface area contributed by atoms with Gasteiger partial charge in [0.2, 0.25) is 17.7 Å². The third kappa shape index (κ3) is 14.4. The highest BCUT2D eigenvalue weighted by Crippen LogP contribution is 2.17. The van der Waals surface area contributed by atoms with E-state index < -0.39 is 0 Å². The Morgan fingerprint density at radius 1 is 0.430 bits per heavy atom. The lowest BCUT2D eigenvalue weighted by atomic mass is 10.1. The zero-order chi connectivity index (χ0) is 59.2. The van der Waals surface area contributed by atoms with E-state index in [9.17, 15) is 33.2 Å². The van der Waals surface area contributed by atoms with E-state index in [1.165, 1.54) is 28.8 Å². The number of hydrogen-bond donors (Lipinski definition) is 3. The summed E-state index contributed by atoms with van der Waals surface area (Å²) in [5, 5.41) is 8.72. The van der Waals surface area contributed by atoms with Gasteiger partial charge < -0.3 is 29.2 Å². The smallest absolute Gasteiger partial charge is 0.276 e. The van der Waals surface area contributed by atoms with Gasteiger partial charge in [0.25, 0.3) is 16.7 Å². The van der Waals surface area contributed by atoms with Gasteiger partial charge in [-0.1, -0.05) is 79.2 Å². The first-order chi connectivity index (χ1) is 41.4. The van der Waals surface area contributed by atoms with Crippen LogP contribution in [-0.2, 0) is 53.5 Å². The van der Waals surface area contributed by atoms with Crippen LogP contribution >= 0.6 is 0 Å². The van der Waals surface area contributed by atoms with Gasteiger partial charge in [0.1, 0.15) is 22.4 Å². The molecule has 0 aliphatic rings. The maximum atomic E-state index is 12.9. The molecule has 3 aromatic carbocycles. The van der Waals surface area contributed by atoms with E-state index in [4.69, 9.17) is 0 Å². The molecular weight excluding hydrogens is 1090 g/mol. The van der Waals surface area contributed by atoms with Crippen LogP contribution in [0.3, 0.4) is 0 Å². The number of nitrogens with zero attached hydrogens (tertiary/aromatic N) is 9. The molecule has 12 rings (SSSR count). The lowest BCUT2D eigenvalue weighted by Crippen LogP contribution is -2.27. The van der Waals surface area contributed by atoms with E-state index in [-0.39, 0.29) is 54.1 Å². The van der Waals surface area contributed by atoms with Crippen molar-refractivity contribution < 1.29 is 18.8 Å². The molecule has 0 aliphatic carbocycles. The zero-order valence-corrected chi connectivity index (χ0v) is 47.4. The van der Waals surface area contributed by atoms with Crippen LogP contribution in [0.1, 0.15) is 73.8 Å². The molecule has 0 atom stereocenters. The minimum atomic E-state index is -0.304. The molecule has 3 amide bonds. The van der Waals surface area contributed by atoms with Crippen molar-refractivity contribution in [2.24, 2.45) is 0 Å². The second-order valence-electron chi connectivity index (χ2n) is 20.8. The van der Waals surface area contributed by atoms with Gasteiger partial charge >= 0.3 is 0 Å². The first-order valence-electron chi connectivity index (χ1n) is 28.4. The molecule has 0 aliphatic heterocycles. The summed E-state index contributed by atoms with van der Waals surface area (Å²) < 4.78 is 23.4. The number of carbonyl (C=O) groups excluding carboxylic acids is 3. The van der Waals surface area contributed by atoms with Crippen LogP contribution in [-0.4, -0.2) is 66.1 Å². The fraction of sp³-hybridized carbons (Fsp3) is 0.239. The molecule has 0 saturated carbocycles. The molecule has 0 saturated heterocycles. The van der Waals surface area contributed by atoms with Crippen molar-refractivity contribution in [2.45, 2.75) is 98.9 Å². The summed E-state index contributed by atoms with van der Waals surface area (Å²) in [5.41, 5.74) is 11.5. The van der Waals surface area contributed by atoms with Crippen LogP contribution in [0.5, 0.6) is 0 Å². The van der Waals surface area contributed by atoms with Crippen LogP contribution in [0.25, 0.3) is 50.0 Å². The van der Waals surface area contributed by atoms with Gasteiger partial charge in [0.05, 0.1) is 16.6 Å². The largest absolute Gasteiger partial charge is 0.356 e. The Bertz CT molecular complexity index is 4520. The van der Waals surface area contributed by atoms with Crippen LogP contribution in [0, 0.1) is 19.7 Å². The minimum Gasteiger partial charge on any atom is -0.356 e. The van der Waals surface area contributed by atoms with Crippen molar-refractivity contribution in [1.29, 1.82) is 0 Å². The minimum absolute atomic E-state index is 0. The summed E-state index contributed by atoms with van der Waals surface area (Å²) in [7, 11) is 0. The van der Waals surface area contributed by atoms with Gasteiger partial charge in [0.15, 0.2) is 16.9 Å². The molecule has 9 aromatic heterocycles. The topological polar surface area (TPSA) is 205 Å². The normalized spacial score (nSPS) is 11.1. The average Bonchev–Trinajstić information content (AvgIpc) is 1.61. The van der Waals surface area contributed by atoms with Gasteiger partial charge in [-0.15, -0.1) is 0 Å². The quantitative estimate of drug-likeness (QED) is 0.0704. The Morgan fingerprint density at radius 2 is 0.826 bits per heavy atom. The molecular formula is C67H69FN12O6.